The lowest BCUT2D eigenvalue weighted by Gasteiger charge is -2.17. The highest BCUT2D eigenvalue weighted by atomic mass is 16.6. The average molecular weight is 395 g/mol. The van der Waals surface area contributed by atoms with Gasteiger partial charge in [0.25, 0.3) is 5.88 Å². The molecule has 1 aliphatic rings. The van der Waals surface area contributed by atoms with Gasteiger partial charge in [0, 0.05) is 19.0 Å². The lowest BCUT2D eigenvalue weighted by Crippen LogP contribution is -2.17. The van der Waals surface area contributed by atoms with Gasteiger partial charge in [0.15, 0.2) is 23.1 Å². The second-order valence-electron chi connectivity index (χ2n) is 6.34. The number of aromatic nitrogens is 4. The molecule has 0 saturated carbocycles. The Kier molecular flexibility index (Phi) is 5.66. The number of methoxy groups -OCH3 is 1. The van der Waals surface area contributed by atoms with Crippen LogP contribution < -0.4 is 19.9 Å². The SMILES string of the molecule is COc1ccccc1Oc1c(N)nc(-c2ncccn2)nc1OCC1CCCO1. The van der Waals surface area contributed by atoms with Gasteiger partial charge < -0.3 is 24.7 Å². The molecule has 1 atom stereocenters. The van der Waals surface area contributed by atoms with Crippen LogP contribution in [0.5, 0.6) is 23.1 Å². The van der Waals surface area contributed by atoms with Crippen LogP contribution in [0.1, 0.15) is 12.8 Å². The predicted octanol–water partition coefficient (Wildman–Crippen LogP) is 2.87. The number of nitrogens with zero attached hydrogens (tertiary/aromatic N) is 4. The molecule has 0 aliphatic carbocycles. The first-order valence-electron chi connectivity index (χ1n) is 9.25. The molecule has 0 amide bonds. The maximum absolute atomic E-state index is 6.20. The van der Waals surface area contributed by atoms with Crippen molar-refractivity contribution in [3.05, 3.63) is 42.7 Å². The Labute approximate surface area is 167 Å². The molecule has 1 fully saturated rings. The van der Waals surface area contributed by atoms with Gasteiger partial charge in [-0.1, -0.05) is 12.1 Å². The fourth-order valence-corrected chi connectivity index (χ4v) is 2.92. The summed E-state index contributed by atoms with van der Waals surface area (Å²) in [5, 5.41) is 0. The molecule has 1 aliphatic heterocycles. The van der Waals surface area contributed by atoms with E-state index in [0.29, 0.717) is 23.9 Å². The van der Waals surface area contributed by atoms with Crippen LogP contribution >= 0.6 is 0 Å². The third kappa shape index (κ3) is 4.35. The molecule has 3 aromatic rings. The predicted molar refractivity (Wildman–Crippen MR) is 105 cm³/mol. The third-order valence-corrected chi connectivity index (χ3v) is 4.34. The van der Waals surface area contributed by atoms with E-state index in [1.807, 2.05) is 12.1 Å². The van der Waals surface area contributed by atoms with Gasteiger partial charge in [-0.3, -0.25) is 0 Å². The van der Waals surface area contributed by atoms with Gasteiger partial charge in [-0.05, 0) is 31.0 Å². The number of rotatable bonds is 7. The zero-order chi connectivity index (χ0) is 20.1. The number of hydrogen-bond donors (Lipinski definition) is 1. The standard InChI is InChI=1S/C20H21N5O4/c1-26-14-7-2-3-8-15(14)29-16-17(21)24-19(18-22-9-5-10-23-18)25-20(16)28-12-13-6-4-11-27-13/h2-3,5,7-10,13H,4,6,11-12H2,1H3,(H2,21,24,25). The molecule has 150 valence electrons. The largest absolute Gasteiger partial charge is 0.493 e. The van der Waals surface area contributed by atoms with E-state index in [1.165, 1.54) is 0 Å². The summed E-state index contributed by atoms with van der Waals surface area (Å²) in [5.41, 5.74) is 6.20. The van der Waals surface area contributed by atoms with Gasteiger partial charge in [-0.25, -0.2) is 15.0 Å². The Morgan fingerprint density at radius 3 is 2.59 bits per heavy atom. The van der Waals surface area contributed by atoms with Crippen molar-refractivity contribution in [2.45, 2.75) is 18.9 Å². The van der Waals surface area contributed by atoms with Gasteiger partial charge in [-0.15, -0.1) is 0 Å². The van der Waals surface area contributed by atoms with Gasteiger partial charge in [-0.2, -0.15) is 4.98 Å². The second-order valence-corrected chi connectivity index (χ2v) is 6.34. The fourth-order valence-electron chi connectivity index (χ4n) is 2.92. The van der Waals surface area contributed by atoms with E-state index in [0.717, 1.165) is 19.4 Å². The van der Waals surface area contributed by atoms with Crippen LogP contribution in [0.25, 0.3) is 11.6 Å². The van der Waals surface area contributed by atoms with E-state index >= 15 is 0 Å². The number of para-hydroxylation sites is 2. The van der Waals surface area contributed by atoms with Crippen molar-refractivity contribution in [1.29, 1.82) is 0 Å². The summed E-state index contributed by atoms with van der Waals surface area (Å²) in [7, 11) is 1.56. The molecule has 2 aromatic heterocycles. The summed E-state index contributed by atoms with van der Waals surface area (Å²) in [6, 6.07) is 8.92. The molecular formula is C20H21N5O4. The lowest BCUT2D eigenvalue weighted by molar-refractivity contribution is 0.0654. The molecule has 1 saturated heterocycles. The molecule has 3 heterocycles. The van der Waals surface area contributed by atoms with Crippen LogP contribution in [0.2, 0.25) is 0 Å². The quantitative estimate of drug-likeness (QED) is 0.645. The number of nitrogen functional groups attached to an aromatic ring is 1. The first-order chi connectivity index (χ1) is 14.2. The molecule has 2 N–H and O–H groups in total. The average Bonchev–Trinajstić information content (AvgIpc) is 3.28. The maximum atomic E-state index is 6.20. The maximum Gasteiger partial charge on any atom is 0.263 e. The van der Waals surface area contributed by atoms with Crippen molar-refractivity contribution < 1.29 is 18.9 Å². The van der Waals surface area contributed by atoms with E-state index in [9.17, 15) is 0 Å². The van der Waals surface area contributed by atoms with E-state index < -0.39 is 0 Å². The number of benzene rings is 1. The van der Waals surface area contributed by atoms with Crippen LogP contribution in [0, 0.1) is 0 Å². The van der Waals surface area contributed by atoms with Crippen molar-refractivity contribution in [2.75, 3.05) is 26.1 Å². The van der Waals surface area contributed by atoms with E-state index in [2.05, 4.69) is 19.9 Å². The molecule has 1 unspecified atom stereocenters. The summed E-state index contributed by atoms with van der Waals surface area (Å²) < 4.78 is 22.9. The number of ether oxygens (including phenoxy) is 4. The zero-order valence-corrected chi connectivity index (χ0v) is 15.9. The Morgan fingerprint density at radius 2 is 1.86 bits per heavy atom. The van der Waals surface area contributed by atoms with E-state index in [4.69, 9.17) is 24.7 Å². The van der Waals surface area contributed by atoms with Crippen LogP contribution in [0.3, 0.4) is 0 Å². The highest BCUT2D eigenvalue weighted by Crippen LogP contribution is 2.39. The molecule has 9 heteroatoms. The van der Waals surface area contributed by atoms with Crippen molar-refractivity contribution in [3.63, 3.8) is 0 Å². The summed E-state index contributed by atoms with van der Waals surface area (Å²) in [6.45, 7) is 1.06. The highest BCUT2D eigenvalue weighted by Gasteiger charge is 2.22. The fraction of sp³-hybridized carbons (Fsp3) is 0.300. The molecule has 9 nitrogen and oxygen atoms in total. The molecule has 0 bridgehead atoms. The van der Waals surface area contributed by atoms with Crippen LogP contribution in [-0.4, -0.2) is 46.4 Å². The van der Waals surface area contributed by atoms with Gasteiger partial charge in [0.05, 0.1) is 13.2 Å². The van der Waals surface area contributed by atoms with Crippen LogP contribution in [0.4, 0.5) is 5.82 Å². The third-order valence-electron chi connectivity index (χ3n) is 4.34. The monoisotopic (exact) mass is 395 g/mol. The molecule has 1 aromatic carbocycles. The Balaban J connectivity index is 1.69. The number of hydrogen-bond acceptors (Lipinski definition) is 9. The summed E-state index contributed by atoms with van der Waals surface area (Å²) in [4.78, 5) is 17.1. The van der Waals surface area contributed by atoms with Crippen LogP contribution in [0.15, 0.2) is 42.7 Å². The molecule has 0 spiro atoms. The minimum atomic E-state index is 0.00160. The number of nitrogens with two attached hydrogens (primary N) is 1. The van der Waals surface area contributed by atoms with Gasteiger partial charge in [0.2, 0.25) is 11.6 Å². The highest BCUT2D eigenvalue weighted by molar-refractivity contribution is 5.60. The van der Waals surface area contributed by atoms with Crippen molar-refractivity contribution >= 4 is 5.82 Å². The topological polar surface area (TPSA) is 115 Å². The second kappa shape index (κ2) is 8.70. The zero-order valence-electron chi connectivity index (χ0n) is 15.9. The summed E-state index contributed by atoms with van der Waals surface area (Å²) >= 11 is 0. The molecular weight excluding hydrogens is 374 g/mol. The van der Waals surface area contributed by atoms with E-state index in [-0.39, 0.29) is 29.4 Å². The molecule has 29 heavy (non-hydrogen) atoms. The Bertz CT molecular complexity index is 964. The van der Waals surface area contributed by atoms with Crippen molar-refractivity contribution in [2.24, 2.45) is 0 Å². The Hall–Kier alpha value is -3.46. The van der Waals surface area contributed by atoms with Crippen molar-refractivity contribution in [3.8, 4) is 34.8 Å². The Morgan fingerprint density at radius 1 is 1.07 bits per heavy atom. The van der Waals surface area contributed by atoms with E-state index in [1.54, 1.807) is 37.7 Å². The smallest absolute Gasteiger partial charge is 0.263 e. The lowest BCUT2D eigenvalue weighted by atomic mass is 10.2. The van der Waals surface area contributed by atoms with Crippen LogP contribution in [-0.2, 0) is 4.74 Å². The first kappa shape index (κ1) is 18.9. The normalized spacial score (nSPS) is 15.8. The molecule has 0 radical (unpaired) electrons. The van der Waals surface area contributed by atoms with Gasteiger partial charge >= 0.3 is 0 Å². The minimum absolute atomic E-state index is 0.00160. The summed E-state index contributed by atoms with van der Waals surface area (Å²) in [6.07, 6.45) is 5.15. The first-order valence-corrected chi connectivity index (χ1v) is 9.25. The molecule has 4 rings (SSSR count). The van der Waals surface area contributed by atoms with Crippen molar-refractivity contribution in [1.82, 2.24) is 19.9 Å². The minimum Gasteiger partial charge on any atom is -0.493 e. The number of anilines is 1. The summed E-state index contributed by atoms with van der Waals surface area (Å²) in [5.74, 6) is 2.11. The van der Waals surface area contributed by atoms with Gasteiger partial charge in [0.1, 0.15) is 6.61 Å².